The van der Waals surface area contributed by atoms with E-state index in [9.17, 15) is 13.2 Å². The molecule has 0 radical (unpaired) electrons. The molecular formula is C11H10F3N3O2. The van der Waals surface area contributed by atoms with Crippen LogP contribution in [0.5, 0.6) is 5.75 Å². The lowest BCUT2D eigenvalue weighted by molar-refractivity contribution is -0.128. The minimum Gasteiger partial charge on any atom is -0.484 e. The number of nitrogen functional groups attached to an aromatic ring is 1. The van der Waals surface area contributed by atoms with Crippen molar-refractivity contribution in [1.82, 2.24) is 10.1 Å². The molecule has 0 aliphatic heterocycles. The summed E-state index contributed by atoms with van der Waals surface area (Å²) < 4.78 is 46.1. The summed E-state index contributed by atoms with van der Waals surface area (Å²) in [4.78, 5) is 3.58. The number of hydrogen-bond donors (Lipinski definition) is 1. The maximum atomic E-state index is 12.1. The van der Waals surface area contributed by atoms with Gasteiger partial charge in [0, 0.05) is 11.8 Å². The Labute approximate surface area is 106 Å². The van der Waals surface area contributed by atoms with Crippen molar-refractivity contribution < 1.29 is 22.4 Å². The highest BCUT2D eigenvalue weighted by Gasteiger charge is 2.30. The Morgan fingerprint density at radius 3 is 2.79 bits per heavy atom. The molecule has 1 heterocycles. The lowest BCUT2D eigenvalue weighted by atomic mass is 10.3. The summed E-state index contributed by atoms with van der Waals surface area (Å²) >= 11 is 0. The molecule has 2 rings (SSSR count). The third-order valence-corrected chi connectivity index (χ3v) is 2.09. The van der Waals surface area contributed by atoms with Gasteiger partial charge in [0.1, 0.15) is 12.2 Å². The Balaban J connectivity index is 1.93. The van der Waals surface area contributed by atoms with Crippen molar-refractivity contribution in [2.45, 2.75) is 19.2 Å². The molecule has 5 nitrogen and oxygen atoms in total. The van der Waals surface area contributed by atoms with E-state index in [1.807, 2.05) is 0 Å². The van der Waals surface area contributed by atoms with Crippen LogP contribution in [0, 0.1) is 0 Å². The Kier molecular flexibility index (Phi) is 3.59. The van der Waals surface area contributed by atoms with Gasteiger partial charge in [-0.15, -0.1) is 0 Å². The van der Waals surface area contributed by atoms with Crippen LogP contribution in [0.25, 0.3) is 0 Å². The van der Waals surface area contributed by atoms with E-state index in [1.165, 1.54) is 0 Å². The second kappa shape index (κ2) is 5.17. The molecule has 0 unspecified atom stereocenters. The highest BCUT2D eigenvalue weighted by atomic mass is 19.4. The molecule has 0 amide bonds. The topological polar surface area (TPSA) is 74.2 Å². The summed E-state index contributed by atoms with van der Waals surface area (Å²) in [5, 5.41) is 3.22. The number of alkyl halides is 3. The van der Waals surface area contributed by atoms with Crippen LogP contribution >= 0.6 is 0 Å². The predicted octanol–water partition coefficient (Wildman–Crippen LogP) is 2.34. The minimum atomic E-state index is -4.37. The van der Waals surface area contributed by atoms with Crippen LogP contribution < -0.4 is 10.5 Å². The first-order chi connectivity index (χ1) is 8.92. The lowest BCUT2D eigenvalue weighted by Crippen LogP contribution is -2.12. The van der Waals surface area contributed by atoms with Gasteiger partial charge in [-0.2, -0.15) is 18.2 Å². The summed E-state index contributed by atoms with van der Waals surface area (Å²) in [6.07, 6.45) is -5.59. The first kappa shape index (κ1) is 13.2. The van der Waals surface area contributed by atoms with Crippen molar-refractivity contribution in [1.29, 1.82) is 0 Å². The third kappa shape index (κ3) is 4.16. The monoisotopic (exact) mass is 273 g/mol. The van der Waals surface area contributed by atoms with Crippen molar-refractivity contribution in [3.63, 3.8) is 0 Å². The molecule has 1 aromatic heterocycles. The molecule has 2 N–H and O–H groups in total. The van der Waals surface area contributed by atoms with E-state index in [0.717, 1.165) is 0 Å². The molecule has 0 spiro atoms. The normalized spacial score (nSPS) is 11.5. The second-order valence-electron chi connectivity index (χ2n) is 3.76. The average Bonchev–Trinajstić information content (AvgIpc) is 2.72. The van der Waals surface area contributed by atoms with Crippen molar-refractivity contribution in [2.24, 2.45) is 0 Å². The SMILES string of the molecule is Nc1cccc(OCc2nc(CC(F)(F)F)no2)c1. The maximum absolute atomic E-state index is 12.1. The van der Waals surface area contributed by atoms with Crippen LogP contribution in [0.2, 0.25) is 0 Å². The van der Waals surface area contributed by atoms with Crippen LogP contribution in [-0.2, 0) is 13.0 Å². The van der Waals surface area contributed by atoms with Gasteiger partial charge >= 0.3 is 6.18 Å². The number of hydrogen-bond acceptors (Lipinski definition) is 5. The van der Waals surface area contributed by atoms with Gasteiger partial charge in [-0.3, -0.25) is 0 Å². The molecule has 0 bridgehead atoms. The Bertz CT molecular complexity index is 554. The lowest BCUT2D eigenvalue weighted by Gasteiger charge is -2.03. The fourth-order valence-corrected chi connectivity index (χ4v) is 1.35. The van der Waals surface area contributed by atoms with Crippen LogP contribution in [0.15, 0.2) is 28.8 Å². The maximum Gasteiger partial charge on any atom is 0.396 e. The summed E-state index contributed by atoms with van der Waals surface area (Å²) in [5.74, 6) is 0.0240. The summed E-state index contributed by atoms with van der Waals surface area (Å²) in [6.45, 7) is -0.117. The third-order valence-electron chi connectivity index (χ3n) is 2.09. The number of anilines is 1. The highest BCUT2D eigenvalue weighted by molar-refractivity contribution is 5.43. The summed E-state index contributed by atoms with van der Waals surface area (Å²) in [5.41, 5.74) is 6.06. The molecular weight excluding hydrogens is 263 g/mol. The number of ether oxygens (including phenoxy) is 1. The van der Waals surface area contributed by atoms with E-state index in [4.69, 9.17) is 10.5 Å². The quantitative estimate of drug-likeness (QED) is 0.865. The zero-order chi connectivity index (χ0) is 13.9. The molecule has 0 aliphatic carbocycles. The van der Waals surface area contributed by atoms with E-state index in [0.29, 0.717) is 11.4 Å². The van der Waals surface area contributed by atoms with E-state index >= 15 is 0 Å². The molecule has 0 aliphatic rings. The summed E-state index contributed by atoms with van der Waals surface area (Å²) in [6, 6.07) is 6.60. The van der Waals surface area contributed by atoms with Gasteiger partial charge in [-0.25, -0.2) is 0 Å². The van der Waals surface area contributed by atoms with Gasteiger partial charge < -0.3 is 15.0 Å². The van der Waals surface area contributed by atoms with E-state index in [1.54, 1.807) is 24.3 Å². The molecule has 19 heavy (non-hydrogen) atoms. The van der Waals surface area contributed by atoms with Crippen molar-refractivity contribution in [3.05, 3.63) is 36.0 Å². The zero-order valence-corrected chi connectivity index (χ0v) is 9.65. The number of nitrogens with two attached hydrogens (primary N) is 1. The van der Waals surface area contributed by atoms with Gasteiger partial charge in [0.15, 0.2) is 12.4 Å². The van der Waals surface area contributed by atoms with Gasteiger partial charge in [0.2, 0.25) is 0 Å². The number of halogens is 3. The van der Waals surface area contributed by atoms with Crippen LogP contribution in [0.4, 0.5) is 18.9 Å². The van der Waals surface area contributed by atoms with Crippen LogP contribution in [0.3, 0.4) is 0 Å². The summed E-state index contributed by atoms with van der Waals surface area (Å²) in [7, 11) is 0. The van der Waals surface area contributed by atoms with Crippen molar-refractivity contribution in [2.75, 3.05) is 5.73 Å². The largest absolute Gasteiger partial charge is 0.484 e. The zero-order valence-electron chi connectivity index (χ0n) is 9.65. The fraction of sp³-hybridized carbons (Fsp3) is 0.273. The number of benzene rings is 1. The van der Waals surface area contributed by atoms with Gasteiger partial charge in [-0.05, 0) is 12.1 Å². The standard InChI is InChI=1S/C11H10F3N3O2/c12-11(13,14)5-9-16-10(19-17-9)6-18-8-3-1-2-7(15)4-8/h1-4H,5-6,15H2. The number of rotatable bonds is 4. The molecule has 2 aromatic rings. The molecule has 0 fully saturated rings. The van der Waals surface area contributed by atoms with Crippen molar-refractivity contribution >= 4 is 5.69 Å². The van der Waals surface area contributed by atoms with E-state index in [-0.39, 0.29) is 12.5 Å². The van der Waals surface area contributed by atoms with Crippen LogP contribution in [0.1, 0.15) is 11.7 Å². The highest BCUT2D eigenvalue weighted by Crippen LogP contribution is 2.20. The Hall–Kier alpha value is -2.25. The Morgan fingerprint density at radius 1 is 1.32 bits per heavy atom. The molecule has 1 aromatic carbocycles. The molecule has 0 saturated carbocycles. The molecule has 102 valence electrons. The number of nitrogens with zero attached hydrogens (tertiary/aromatic N) is 2. The Morgan fingerprint density at radius 2 is 2.11 bits per heavy atom. The average molecular weight is 273 g/mol. The first-order valence-electron chi connectivity index (χ1n) is 5.29. The van der Waals surface area contributed by atoms with E-state index < -0.39 is 18.4 Å². The second-order valence-corrected chi connectivity index (χ2v) is 3.76. The molecule has 0 atom stereocenters. The number of aromatic nitrogens is 2. The van der Waals surface area contributed by atoms with Crippen LogP contribution in [-0.4, -0.2) is 16.3 Å². The fourth-order valence-electron chi connectivity index (χ4n) is 1.35. The minimum absolute atomic E-state index is 0.0262. The molecule has 0 saturated heterocycles. The van der Waals surface area contributed by atoms with Crippen molar-refractivity contribution in [3.8, 4) is 5.75 Å². The van der Waals surface area contributed by atoms with E-state index in [2.05, 4.69) is 14.7 Å². The molecule has 8 heteroatoms. The predicted molar refractivity (Wildman–Crippen MR) is 59.2 cm³/mol. The van der Waals surface area contributed by atoms with Gasteiger partial charge in [-0.1, -0.05) is 11.2 Å². The smallest absolute Gasteiger partial charge is 0.396 e. The van der Waals surface area contributed by atoms with Gasteiger partial charge in [0.25, 0.3) is 5.89 Å². The first-order valence-corrected chi connectivity index (χ1v) is 5.29. The van der Waals surface area contributed by atoms with Gasteiger partial charge in [0.05, 0.1) is 0 Å².